The minimum Gasteiger partial charge on any atom is -0.497 e. The van der Waals surface area contributed by atoms with Gasteiger partial charge in [0.2, 0.25) is 0 Å². The van der Waals surface area contributed by atoms with E-state index in [0.717, 1.165) is 27.9 Å². The van der Waals surface area contributed by atoms with Crippen LogP contribution in [0.4, 0.5) is 10.5 Å². The van der Waals surface area contributed by atoms with Crippen molar-refractivity contribution in [3.8, 4) is 5.75 Å². The number of anilines is 1. The molecule has 3 amide bonds. The van der Waals surface area contributed by atoms with Crippen LogP contribution in [-0.4, -0.2) is 35.5 Å². The number of aromatic nitrogens is 1. The molecule has 30 heavy (non-hydrogen) atoms. The number of aromatic amines is 1. The Hall–Kier alpha value is -3.28. The Morgan fingerprint density at radius 3 is 2.50 bits per heavy atom. The number of H-pyrrole nitrogens is 1. The molecule has 1 saturated heterocycles. The lowest BCUT2D eigenvalue weighted by Crippen LogP contribution is -2.49. The zero-order valence-corrected chi connectivity index (χ0v) is 17.7. The molecule has 154 valence electrons. The number of benzene rings is 2. The van der Waals surface area contributed by atoms with E-state index < -0.39 is 5.54 Å². The molecular formula is C24H25N3O3. The maximum atomic E-state index is 13.7. The van der Waals surface area contributed by atoms with Gasteiger partial charge < -0.3 is 14.6 Å². The maximum Gasteiger partial charge on any atom is 0.332 e. The Balaban J connectivity index is 1.62. The van der Waals surface area contributed by atoms with Crippen molar-refractivity contribution in [1.29, 1.82) is 0 Å². The van der Waals surface area contributed by atoms with Crippen molar-refractivity contribution >= 4 is 28.5 Å². The summed E-state index contributed by atoms with van der Waals surface area (Å²) in [5.41, 5.74) is 3.58. The minimum atomic E-state index is -1.05. The monoisotopic (exact) mass is 403 g/mol. The highest BCUT2D eigenvalue weighted by Crippen LogP contribution is 2.45. The molecule has 5 rings (SSSR count). The van der Waals surface area contributed by atoms with E-state index in [1.807, 2.05) is 49.4 Å². The minimum absolute atomic E-state index is 0.218. The molecule has 3 aromatic rings. The Morgan fingerprint density at radius 2 is 1.83 bits per heavy atom. The topological polar surface area (TPSA) is 65.6 Å². The molecule has 0 saturated carbocycles. The van der Waals surface area contributed by atoms with E-state index in [0.29, 0.717) is 24.6 Å². The fourth-order valence-corrected chi connectivity index (χ4v) is 4.78. The second-order valence-corrected chi connectivity index (χ2v) is 8.53. The van der Waals surface area contributed by atoms with Gasteiger partial charge in [0.15, 0.2) is 5.54 Å². The largest absolute Gasteiger partial charge is 0.497 e. The highest BCUT2D eigenvalue weighted by atomic mass is 16.5. The van der Waals surface area contributed by atoms with Crippen LogP contribution in [0.15, 0.2) is 42.5 Å². The predicted molar refractivity (Wildman–Crippen MR) is 116 cm³/mol. The first-order valence-electron chi connectivity index (χ1n) is 10.3. The first-order chi connectivity index (χ1) is 14.4. The fraction of sp³-hybridized carbons (Fsp3) is 0.333. The van der Waals surface area contributed by atoms with Gasteiger partial charge in [-0.15, -0.1) is 0 Å². The van der Waals surface area contributed by atoms with E-state index in [2.05, 4.69) is 18.8 Å². The number of hydrogen-bond acceptors (Lipinski definition) is 3. The quantitative estimate of drug-likeness (QED) is 0.653. The molecule has 2 aliphatic heterocycles. The lowest BCUT2D eigenvalue weighted by Gasteiger charge is -2.35. The van der Waals surface area contributed by atoms with Gasteiger partial charge in [0.25, 0.3) is 5.91 Å². The Morgan fingerprint density at radius 1 is 1.10 bits per heavy atom. The molecule has 6 heteroatoms. The van der Waals surface area contributed by atoms with E-state index in [1.165, 1.54) is 10.5 Å². The molecule has 2 aliphatic rings. The van der Waals surface area contributed by atoms with Crippen molar-refractivity contribution < 1.29 is 14.3 Å². The number of imide groups is 1. The zero-order valence-electron chi connectivity index (χ0n) is 17.7. The maximum absolute atomic E-state index is 13.7. The number of carbonyl (C=O) groups is 2. The summed E-state index contributed by atoms with van der Waals surface area (Å²) >= 11 is 0. The summed E-state index contributed by atoms with van der Waals surface area (Å²) in [7, 11) is 1.64. The first kappa shape index (κ1) is 18.7. The van der Waals surface area contributed by atoms with Gasteiger partial charge in [-0.2, -0.15) is 0 Å². The third-order valence-electron chi connectivity index (χ3n) is 6.59. The van der Waals surface area contributed by atoms with E-state index in [1.54, 1.807) is 12.0 Å². The van der Waals surface area contributed by atoms with Gasteiger partial charge >= 0.3 is 6.03 Å². The standard InChI is InChI=1S/C24H25N3O3/c1-14(2)15-5-7-16(8-6-15)27-22(28)24(3)21-18(11-12-26(24)23(27)29)19-13-17(30-4)9-10-20(19)25-21/h5-10,13-14,25H,11-12H2,1-4H3. The van der Waals surface area contributed by atoms with Gasteiger partial charge in [-0.05, 0) is 60.7 Å². The predicted octanol–water partition coefficient (Wildman–Crippen LogP) is 4.54. The van der Waals surface area contributed by atoms with Gasteiger partial charge in [-0.3, -0.25) is 4.79 Å². The third kappa shape index (κ3) is 2.36. The van der Waals surface area contributed by atoms with Crippen LogP contribution in [0.1, 0.15) is 43.5 Å². The van der Waals surface area contributed by atoms with Crippen molar-refractivity contribution in [1.82, 2.24) is 9.88 Å². The number of nitrogens with zero attached hydrogens (tertiary/aromatic N) is 2. The molecule has 3 heterocycles. The number of fused-ring (bicyclic) bond motifs is 5. The Bertz CT molecular complexity index is 1180. The lowest BCUT2D eigenvalue weighted by atomic mass is 9.87. The highest BCUT2D eigenvalue weighted by molar-refractivity contribution is 6.23. The molecule has 1 unspecified atom stereocenters. The number of amides is 3. The summed E-state index contributed by atoms with van der Waals surface area (Å²) in [6.07, 6.45) is 0.692. The Kier molecular flexibility index (Phi) is 3.97. The normalized spacial score (nSPS) is 20.8. The summed E-state index contributed by atoms with van der Waals surface area (Å²) in [5, 5.41) is 1.05. The molecule has 0 aliphatic carbocycles. The molecule has 0 radical (unpaired) electrons. The molecule has 0 spiro atoms. The number of methoxy groups -OCH3 is 1. The summed E-state index contributed by atoms with van der Waals surface area (Å²) in [5.74, 6) is 0.945. The van der Waals surface area contributed by atoms with Gasteiger partial charge in [-0.1, -0.05) is 26.0 Å². The van der Waals surface area contributed by atoms with Gasteiger partial charge in [0.05, 0.1) is 18.5 Å². The second kappa shape index (κ2) is 6.36. The average Bonchev–Trinajstić information content (AvgIpc) is 3.21. The van der Waals surface area contributed by atoms with E-state index in [-0.39, 0.29) is 11.9 Å². The molecule has 1 aromatic heterocycles. The van der Waals surface area contributed by atoms with E-state index >= 15 is 0 Å². The second-order valence-electron chi connectivity index (χ2n) is 8.53. The summed E-state index contributed by atoms with van der Waals surface area (Å²) in [6, 6.07) is 13.3. The number of nitrogens with one attached hydrogen (secondary N) is 1. The van der Waals surface area contributed by atoms with Crippen LogP contribution in [0.3, 0.4) is 0 Å². The zero-order chi connectivity index (χ0) is 21.2. The molecule has 6 nitrogen and oxygen atoms in total. The molecule has 2 aromatic carbocycles. The molecule has 1 N–H and O–H groups in total. The van der Waals surface area contributed by atoms with Crippen LogP contribution in [-0.2, 0) is 16.8 Å². The number of urea groups is 1. The number of carbonyl (C=O) groups excluding carboxylic acids is 2. The van der Waals surface area contributed by atoms with Crippen molar-refractivity contribution in [2.45, 2.75) is 38.6 Å². The molecular weight excluding hydrogens is 378 g/mol. The third-order valence-corrected chi connectivity index (χ3v) is 6.59. The van der Waals surface area contributed by atoms with Crippen LogP contribution in [0.25, 0.3) is 10.9 Å². The smallest absolute Gasteiger partial charge is 0.332 e. The van der Waals surface area contributed by atoms with Gasteiger partial charge in [-0.25, -0.2) is 9.69 Å². The highest BCUT2D eigenvalue weighted by Gasteiger charge is 2.59. The van der Waals surface area contributed by atoms with Crippen molar-refractivity contribution in [3.05, 3.63) is 59.3 Å². The summed E-state index contributed by atoms with van der Waals surface area (Å²) in [4.78, 5) is 33.4. The van der Waals surface area contributed by atoms with Crippen LogP contribution < -0.4 is 9.64 Å². The summed E-state index contributed by atoms with van der Waals surface area (Å²) < 4.78 is 5.38. The van der Waals surface area contributed by atoms with Crippen molar-refractivity contribution in [2.24, 2.45) is 0 Å². The Labute approximate surface area is 175 Å². The van der Waals surface area contributed by atoms with Gasteiger partial charge in [0.1, 0.15) is 5.75 Å². The van der Waals surface area contributed by atoms with Crippen molar-refractivity contribution in [3.63, 3.8) is 0 Å². The summed E-state index contributed by atoms with van der Waals surface area (Å²) in [6.45, 7) is 6.59. The van der Waals surface area contributed by atoms with Crippen LogP contribution in [0, 0.1) is 0 Å². The lowest BCUT2D eigenvalue weighted by molar-refractivity contribution is -0.125. The number of rotatable bonds is 3. The number of ether oxygens (including phenoxy) is 1. The molecule has 0 bridgehead atoms. The fourth-order valence-electron chi connectivity index (χ4n) is 4.78. The van der Waals surface area contributed by atoms with E-state index in [4.69, 9.17) is 4.74 Å². The number of hydrogen-bond donors (Lipinski definition) is 1. The van der Waals surface area contributed by atoms with Crippen LogP contribution in [0.5, 0.6) is 5.75 Å². The molecule has 1 fully saturated rings. The van der Waals surface area contributed by atoms with Crippen LogP contribution in [0.2, 0.25) is 0 Å². The van der Waals surface area contributed by atoms with E-state index in [9.17, 15) is 9.59 Å². The van der Waals surface area contributed by atoms with Gasteiger partial charge in [0, 0.05) is 17.4 Å². The SMILES string of the molecule is COc1ccc2[nH]c3c(c2c1)CCN1C(=O)N(c2ccc(C(C)C)cc2)C(=O)C31C. The molecule has 1 atom stereocenters. The average molecular weight is 403 g/mol. The van der Waals surface area contributed by atoms with Crippen LogP contribution >= 0.6 is 0 Å². The van der Waals surface area contributed by atoms with Crippen molar-refractivity contribution in [2.75, 3.05) is 18.6 Å². The first-order valence-corrected chi connectivity index (χ1v) is 10.3.